The Labute approximate surface area is 171 Å². The Kier molecular flexibility index (Phi) is 4.42. The van der Waals surface area contributed by atoms with E-state index < -0.39 is 5.41 Å². The molecule has 1 N–H and O–H groups in total. The zero-order valence-corrected chi connectivity index (χ0v) is 17.0. The number of likely N-dealkylation sites (N-methyl/N-ethyl adjacent to an activating group) is 1. The molecule has 1 amide bonds. The van der Waals surface area contributed by atoms with E-state index in [9.17, 15) is 4.79 Å². The molecule has 5 rings (SSSR count). The van der Waals surface area contributed by atoms with Crippen LogP contribution >= 0.6 is 0 Å². The molecule has 1 saturated heterocycles. The third kappa shape index (κ3) is 3.23. The smallest absolute Gasteiger partial charge is 0.240 e. The van der Waals surface area contributed by atoms with Crippen molar-refractivity contribution >= 4 is 17.5 Å². The Morgan fingerprint density at radius 1 is 1.28 bits per heavy atom. The van der Waals surface area contributed by atoms with Gasteiger partial charge < -0.3 is 19.9 Å². The summed E-state index contributed by atoms with van der Waals surface area (Å²) >= 11 is 0. The first-order chi connectivity index (χ1) is 14.1. The van der Waals surface area contributed by atoms with Gasteiger partial charge in [0.1, 0.15) is 11.2 Å². The number of nitrogens with zero attached hydrogens (tertiary/aromatic N) is 4. The maximum Gasteiger partial charge on any atom is 0.240 e. The number of hydrogen-bond donors (Lipinski definition) is 1. The van der Waals surface area contributed by atoms with Crippen LogP contribution in [0, 0.1) is 5.92 Å². The Bertz CT molecular complexity index is 927. The SMILES string of the molecule is COc1ccc(N2Cc3cnc(NCC4CC4)nc3C3(CCN(C)C3)C2=O)cc1. The molecule has 1 unspecified atom stereocenters. The van der Waals surface area contributed by atoms with E-state index >= 15 is 0 Å². The van der Waals surface area contributed by atoms with Crippen molar-refractivity contribution in [2.75, 3.05) is 44.0 Å². The molecule has 7 nitrogen and oxygen atoms in total. The minimum Gasteiger partial charge on any atom is -0.497 e. The van der Waals surface area contributed by atoms with E-state index in [4.69, 9.17) is 9.72 Å². The molecule has 1 atom stereocenters. The maximum absolute atomic E-state index is 13.8. The van der Waals surface area contributed by atoms with Crippen LogP contribution in [0.25, 0.3) is 0 Å². The summed E-state index contributed by atoms with van der Waals surface area (Å²) in [5, 5.41) is 3.37. The largest absolute Gasteiger partial charge is 0.497 e. The van der Waals surface area contributed by atoms with Gasteiger partial charge in [-0.3, -0.25) is 4.79 Å². The number of amides is 1. The number of benzene rings is 1. The summed E-state index contributed by atoms with van der Waals surface area (Å²) in [4.78, 5) is 27.3. The second kappa shape index (κ2) is 6.99. The Morgan fingerprint density at radius 3 is 2.72 bits per heavy atom. The van der Waals surface area contributed by atoms with Gasteiger partial charge in [-0.1, -0.05) is 0 Å². The first-order valence-electron chi connectivity index (χ1n) is 10.3. The molecule has 7 heteroatoms. The van der Waals surface area contributed by atoms with Gasteiger partial charge in [0.25, 0.3) is 0 Å². The molecule has 152 valence electrons. The zero-order chi connectivity index (χ0) is 20.0. The lowest BCUT2D eigenvalue weighted by molar-refractivity contribution is -0.124. The molecular formula is C22H27N5O2. The van der Waals surface area contributed by atoms with E-state index in [1.807, 2.05) is 35.4 Å². The summed E-state index contributed by atoms with van der Waals surface area (Å²) < 4.78 is 5.27. The number of rotatable bonds is 5. The number of ether oxygens (including phenoxy) is 1. The zero-order valence-electron chi connectivity index (χ0n) is 17.0. The van der Waals surface area contributed by atoms with E-state index in [0.717, 1.165) is 48.1 Å². The number of anilines is 2. The molecular weight excluding hydrogens is 366 g/mol. The minimum atomic E-state index is -0.610. The van der Waals surface area contributed by atoms with Gasteiger partial charge in [0.05, 0.1) is 19.3 Å². The van der Waals surface area contributed by atoms with Gasteiger partial charge in [-0.2, -0.15) is 0 Å². The lowest BCUT2D eigenvalue weighted by Crippen LogP contribution is -2.53. The second-order valence-electron chi connectivity index (χ2n) is 8.55. The molecule has 1 aromatic heterocycles. The van der Waals surface area contributed by atoms with Crippen molar-refractivity contribution in [3.8, 4) is 5.75 Å². The van der Waals surface area contributed by atoms with Crippen LogP contribution in [0.2, 0.25) is 0 Å². The van der Waals surface area contributed by atoms with Crippen molar-refractivity contribution in [1.82, 2.24) is 14.9 Å². The summed E-state index contributed by atoms with van der Waals surface area (Å²) in [6.45, 7) is 2.98. The van der Waals surface area contributed by atoms with E-state index in [2.05, 4.69) is 22.2 Å². The first kappa shape index (κ1) is 18.4. The molecule has 2 aromatic rings. The second-order valence-corrected chi connectivity index (χ2v) is 8.55. The van der Waals surface area contributed by atoms with Gasteiger partial charge in [-0.15, -0.1) is 0 Å². The summed E-state index contributed by atoms with van der Waals surface area (Å²) in [6.07, 6.45) is 5.24. The van der Waals surface area contributed by atoms with E-state index in [0.29, 0.717) is 19.0 Å². The minimum absolute atomic E-state index is 0.131. The third-order valence-electron chi connectivity index (χ3n) is 6.39. The fourth-order valence-electron chi connectivity index (χ4n) is 4.52. The summed E-state index contributed by atoms with van der Waals surface area (Å²) in [5.74, 6) is 2.30. The van der Waals surface area contributed by atoms with Crippen LogP contribution in [0.3, 0.4) is 0 Å². The van der Waals surface area contributed by atoms with Crippen molar-refractivity contribution in [3.05, 3.63) is 41.7 Å². The van der Waals surface area contributed by atoms with Gasteiger partial charge in [0, 0.05) is 30.5 Å². The fourth-order valence-corrected chi connectivity index (χ4v) is 4.52. The molecule has 29 heavy (non-hydrogen) atoms. The fraction of sp³-hybridized carbons (Fsp3) is 0.500. The molecule has 1 spiro atoms. The highest BCUT2D eigenvalue weighted by molar-refractivity contribution is 6.03. The van der Waals surface area contributed by atoms with Gasteiger partial charge in [0.2, 0.25) is 11.9 Å². The van der Waals surface area contributed by atoms with Gasteiger partial charge in [-0.25, -0.2) is 9.97 Å². The lowest BCUT2D eigenvalue weighted by atomic mass is 9.77. The molecule has 0 radical (unpaired) electrons. The third-order valence-corrected chi connectivity index (χ3v) is 6.39. The number of likely N-dealkylation sites (tertiary alicyclic amines) is 1. The number of nitrogens with one attached hydrogen (secondary N) is 1. The molecule has 1 aromatic carbocycles. The number of fused-ring (bicyclic) bond motifs is 2. The maximum atomic E-state index is 13.8. The Hall–Kier alpha value is -2.67. The molecule has 3 heterocycles. The molecule has 1 saturated carbocycles. The van der Waals surface area contributed by atoms with Crippen LogP contribution in [0.5, 0.6) is 5.75 Å². The molecule has 2 aliphatic heterocycles. The van der Waals surface area contributed by atoms with Crippen LogP contribution in [-0.4, -0.2) is 54.6 Å². The van der Waals surface area contributed by atoms with E-state index in [1.165, 1.54) is 12.8 Å². The average molecular weight is 393 g/mol. The predicted molar refractivity (Wildman–Crippen MR) is 111 cm³/mol. The summed E-state index contributed by atoms with van der Waals surface area (Å²) in [7, 11) is 3.72. The highest BCUT2D eigenvalue weighted by Crippen LogP contribution is 2.42. The van der Waals surface area contributed by atoms with E-state index in [1.54, 1.807) is 7.11 Å². The monoisotopic (exact) mass is 393 g/mol. The van der Waals surface area contributed by atoms with Crippen molar-refractivity contribution in [1.29, 1.82) is 0 Å². The van der Waals surface area contributed by atoms with Crippen LogP contribution < -0.4 is 15.0 Å². The number of methoxy groups -OCH3 is 1. The first-order valence-corrected chi connectivity index (χ1v) is 10.3. The van der Waals surface area contributed by atoms with Crippen LogP contribution in [0.4, 0.5) is 11.6 Å². The van der Waals surface area contributed by atoms with E-state index in [-0.39, 0.29) is 5.91 Å². The van der Waals surface area contributed by atoms with Gasteiger partial charge in [-0.05, 0) is 63.0 Å². The number of hydrogen-bond acceptors (Lipinski definition) is 6. The topological polar surface area (TPSA) is 70.6 Å². The van der Waals surface area contributed by atoms with Gasteiger partial charge in [0.15, 0.2) is 0 Å². The average Bonchev–Trinajstić information content (AvgIpc) is 3.50. The summed E-state index contributed by atoms with van der Waals surface area (Å²) in [6, 6.07) is 7.68. The molecule has 1 aliphatic carbocycles. The molecule has 2 fully saturated rings. The standard InChI is InChI=1S/C22H27N5O2/c1-26-10-9-22(14-26)19-16(12-24-21(25-19)23-11-15-3-4-15)13-27(20(22)28)17-5-7-18(29-2)8-6-17/h5-8,12,15H,3-4,9-11,13-14H2,1-2H3,(H,23,24,25). The van der Waals surface area contributed by atoms with Crippen LogP contribution in [-0.2, 0) is 16.8 Å². The van der Waals surface area contributed by atoms with Crippen molar-refractivity contribution < 1.29 is 9.53 Å². The quantitative estimate of drug-likeness (QED) is 0.841. The number of aromatic nitrogens is 2. The van der Waals surface area contributed by atoms with Crippen LogP contribution in [0.1, 0.15) is 30.5 Å². The lowest BCUT2D eigenvalue weighted by Gasteiger charge is -2.40. The Balaban J connectivity index is 1.52. The Morgan fingerprint density at radius 2 is 2.07 bits per heavy atom. The normalized spacial score (nSPS) is 24.1. The predicted octanol–water partition coefficient (Wildman–Crippen LogP) is 2.43. The number of carbonyl (C=O) groups excluding carboxylic acids is 1. The highest BCUT2D eigenvalue weighted by atomic mass is 16.5. The van der Waals surface area contributed by atoms with Crippen molar-refractivity contribution in [3.63, 3.8) is 0 Å². The van der Waals surface area contributed by atoms with Gasteiger partial charge >= 0.3 is 0 Å². The highest BCUT2D eigenvalue weighted by Gasteiger charge is 2.52. The molecule has 3 aliphatic rings. The van der Waals surface area contributed by atoms with Crippen molar-refractivity contribution in [2.24, 2.45) is 5.92 Å². The van der Waals surface area contributed by atoms with Crippen molar-refractivity contribution in [2.45, 2.75) is 31.2 Å². The van der Waals surface area contributed by atoms with Crippen LogP contribution in [0.15, 0.2) is 30.5 Å². The number of carbonyl (C=O) groups is 1. The molecule has 0 bridgehead atoms. The summed E-state index contributed by atoms with van der Waals surface area (Å²) in [5.41, 5.74) is 2.21.